The largest absolute Gasteiger partial charge is 0.491 e. The first-order valence-corrected chi connectivity index (χ1v) is 6.39. The van der Waals surface area contributed by atoms with E-state index in [1.54, 1.807) is 24.3 Å². The highest BCUT2D eigenvalue weighted by molar-refractivity contribution is 5.36. The lowest BCUT2D eigenvalue weighted by atomic mass is 10.2. The predicted octanol–water partition coefficient (Wildman–Crippen LogP) is 0.365. The Balaban J connectivity index is 1.76. The molecule has 1 aromatic carbocycles. The summed E-state index contributed by atoms with van der Waals surface area (Å²) >= 11 is 0. The van der Waals surface area contributed by atoms with Gasteiger partial charge in [-0.15, -0.1) is 0 Å². The second-order valence-corrected chi connectivity index (χ2v) is 4.81. The average molecular weight is 262 g/mol. The summed E-state index contributed by atoms with van der Waals surface area (Å²) in [7, 11) is 0. The molecule has 1 aromatic rings. The van der Waals surface area contributed by atoms with Gasteiger partial charge in [-0.3, -0.25) is 4.90 Å². The minimum Gasteiger partial charge on any atom is -0.491 e. The Labute approximate surface area is 112 Å². The second-order valence-electron chi connectivity index (χ2n) is 4.81. The predicted molar refractivity (Wildman–Crippen MR) is 69.7 cm³/mol. The molecule has 2 unspecified atom stereocenters. The molecule has 102 valence electrons. The molecule has 1 saturated heterocycles. The van der Waals surface area contributed by atoms with E-state index in [-0.39, 0.29) is 12.7 Å². The van der Waals surface area contributed by atoms with Gasteiger partial charge in [0.25, 0.3) is 0 Å². The quantitative estimate of drug-likeness (QED) is 0.801. The SMILES string of the molecule is N#Cc1cccc(OCC(O)CN2CCC(O)C2)c1. The molecule has 0 amide bonds. The van der Waals surface area contributed by atoms with Crippen LogP contribution >= 0.6 is 0 Å². The molecule has 0 aliphatic carbocycles. The molecule has 5 nitrogen and oxygen atoms in total. The summed E-state index contributed by atoms with van der Waals surface area (Å²) in [6.07, 6.45) is -0.117. The van der Waals surface area contributed by atoms with Gasteiger partial charge in [-0.2, -0.15) is 5.26 Å². The molecule has 0 bridgehead atoms. The summed E-state index contributed by atoms with van der Waals surface area (Å²) in [6.45, 7) is 2.10. The van der Waals surface area contributed by atoms with Crippen molar-refractivity contribution in [3.63, 3.8) is 0 Å². The minimum absolute atomic E-state index is 0.182. The lowest BCUT2D eigenvalue weighted by molar-refractivity contribution is 0.0707. The third kappa shape index (κ3) is 4.21. The first kappa shape index (κ1) is 13.8. The van der Waals surface area contributed by atoms with Crippen LogP contribution in [0.2, 0.25) is 0 Å². The van der Waals surface area contributed by atoms with E-state index in [1.807, 2.05) is 11.0 Å². The van der Waals surface area contributed by atoms with Crippen molar-refractivity contribution in [3.8, 4) is 11.8 Å². The maximum Gasteiger partial charge on any atom is 0.120 e. The molecule has 1 aliphatic rings. The van der Waals surface area contributed by atoms with E-state index < -0.39 is 6.10 Å². The van der Waals surface area contributed by atoms with Crippen LogP contribution in [-0.2, 0) is 0 Å². The molecule has 0 spiro atoms. The van der Waals surface area contributed by atoms with E-state index in [0.717, 1.165) is 13.0 Å². The van der Waals surface area contributed by atoms with Crippen molar-refractivity contribution in [1.29, 1.82) is 5.26 Å². The normalized spacial score (nSPS) is 21.0. The summed E-state index contributed by atoms with van der Waals surface area (Å²) in [4.78, 5) is 2.02. The fourth-order valence-electron chi connectivity index (χ4n) is 2.18. The number of nitrogens with zero attached hydrogens (tertiary/aromatic N) is 2. The van der Waals surface area contributed by atoms with Gasteiger partial charge in [0, 0.05) is 19.6 Å². The highest BCUT2D eigenvalue weighted by Crippen LogP contribution is 2.13. The summed E-state index contributed by atoms with van der Waals surface area (Å²) in [5.74, 6) is 0.583. The molecule has 0 aromatic heterocycles. The van der Waals surface area contributed by atoms with Crippen molar-refractivity contribution in [1.82, 2.24) is 4.90 Å². The standard InChI is InChI=1S/C14H18N2O3/c15-7-11-2-1-3-14(6-11)19-10-13(18)9-16-5-4-12(17)8-16/h1-3,6,12-13,17-18H,4-5,8-10H2. The molecule has 0 saturated carbocycles. The number of benzene rings is 1. The van der Waals surface area contributed by atoms with Gasteiger partial charge < -0.3 is 14.9 Å². The number of ether oxygens (including phenoxy) is 1. The number of hydrogen-bond donors (Lipinski definition) is 2. The van der Waals surface area contributed by atoms with Crippen molar-refractivity contribution in [2.45, 2.75) is 18.6 Å². The van der Waals surface area contributed by atoms with E-state index in [2.05, 4.69) is 0 Å². The van der Waals surface area contributed by atoms with E-state index in [4.69, 9.17) is 10.00 Å². The average Bonchev–Trinajstić information content (AvgIpc) is 2.82. The van der Waals surface area contributed by atoms with Crippen molar-refractivity contribution in [2.75, 3.05) is 26.2 Å². The third-order valence-electron chi connectivity index (χ3n) is 3.12. The first-order valence-electron chi connectivity index (χ1n) is 6.39. The van der Waals surface area contributed by atoms with Gasteiger partial charge in [0.05, 0.1) is 17.7 Å². The molecular weight excluding hydrogens is 244 g/mol. The summed E-state index contributed by atoms with van der Waals surface area (Å²) in [5, 5.41) is 28.0. The maximum absolute atomic E-state index is 9.87. The molecule has 1 heterocycles. The van der Waals surface area contributed by atoms with Gasteiger partial charge in [-0.05, 0) is 24.6 Å². The second kappa shape index (κ2) is 6.53. The van der Waals surface area contributed by atoms with Crippen LogP contribution in [0, 0.1) is 11.3 Å². The smallest absolute Gasteiger partial charge is 0.120 e. The van der Waals surface area contributed by atoms with Gasteiger partial charge in [-0.1, -0.05) is 6.07 Å². The Bertz CT molecular complexity index is 458. The highest BCUT2D eigenvalue weighted by Gasteiger charge is 2.22. The monoisotopic (exact) mass is 262 g/mol. The first-order chi connectivity index (χ1) is 9.17. The van der Waals surface area contributed by atoms with E-state index in [9.17, 15) is 10.2 Å². The van der Waals surface area contributed by atoms with Crippen LogP contribution in [0.25, 0.3) is 0 Å². The van der Waals surface area contributed by atoms with Gasteiger partial charge in [0.1, 0.15) is 18.5 Å². The van der Waals surface area contributed by atoms with Crippen LogP contribution in [0.4, 0.5) is 0 Å². The van der Waals surface area contributed by atoms with Crippen molar-refractivity contribution in [3.05, 3.63) is 29.8 Å². The third-order valence-corrected chi connectivity index (χ3v) is 3.12. The van der Waals surface area contributed by atoms with Crippen LogP contribution in [-0.4, -0.2) is 53.6 Å². The summed E-state index contributed by atoms with van der Waals surface area (Å²) in [6, 6.07) is 8.89. The lowest BCUT2D eigenvalue weighted by Crippen LogP contribution is -2.34. The summed E-state index contributed by atoms with van der Waals surface area (Å²) in [5.41, 5.74) is 0.537. The van der Waals surface area contributed by atoms with E-state index in [0.29, 0.717) is 24.4 Å². The van der Waals surface area contributed by atoms with Gasteiger partial charge >= 0.3 is 0 Å². The van der Waals surface area contributed by atoms with Crippen LogP contribution in [0.5, 0.6) is 5.75 Å². The summed E-state index contributed by atoms with van der Waals surface area (Å²) < 4.78 is 5.46. The van der Waals surface area contributed by atoms with Gasteiger partial charge in [0.15, 0.2) is 0 Å². The Morgan fingerprint density at radius 2 is 2.37 bits per heavy atom. The zero-order chi connectivity index (χ0) is 13.7. The van der Waals surface area contributed by atoms with Crippen LogP contribution < -0.4 is 4.74 Å². The minimum atomic E-state index is -0.601. The Morgan fingerprint density at radius 1 is 1.53 bits per heavy atom. The number of aliphatic hydroxyl groups excluding tert-OH is 2. The fourth-order valence-corrected chi connectivity index (χ4v) is 2.18. The van der Waals surface area contributed by atoms with Crippen molar-refractivity contribution < 1.29 is 14.9 Å². The maximum atomic E-state index is 9.87. The number of likely N-dealkylation sites (tertiary alicyclic amines) is 1. The van der Waals surface area contributed by atoms with Crippen LogP contribution in [0.1, 0.15) is 12.0 Å². The van der Waals surface area contributed by atoms with Crippen LogP contribution in [0.15, 0.2) is 24.3 Å². The molecule has 2 N–H and O–H groups in total. The molecular formula is C14H18N2O3. The highest BCUT2D eigenvalue weighted by atomic mass is 16.5. The molecule has 5 heteroatoms. The lowest BCUT2D eigenvalue weighted by Gasteiger charge is -2.19. The molecule has 19 heavy (non-hydrogen) atoms. The van der Waals surface area contributed by atoms with Crippen LogP contribution in [0.3, 0.4) is 0 Å². The molecule has 1 aliphatic heterocycles. The van der Waals surface area contributed by atoms with Gasteiger partial charge in [0.2, 0.25) is 0 Å². The molecule has 2 rings (SSSR count). The van der Waals surface area contributed by atoms with Crippen molar-refractivity contribution in [2.24, 2.45) is 0 Å². The zero-order valence-electron chi connectivity index (χ0n) is 10.7. The Morgan fingerprint density at radius 3 is 3.05 bits per heavy atom. The number of hydrogen-bond acceptors (Lipinski definition) is 5. The van der Waals surface area contributed by atoms with E-state index in [1.165, 1.54) is 0 Å². The number of nitriles is 1. The van der Waals surface area contributed by atoms with E-state index >= 15 is 0 Å². The molecule has 2 atom stereocenters. The van der Waals surface area contributed by atoms with Gasteiger partial charge in [-0.25, -0.2) is 0 Å². The topological polar surface area (TPSA) is 76.7 Å². The number of β-amino-alcohol motifs (C(OH)–C–C–N with tert-alkyl or cyclic N) is 2. The number of aliphatic hydroxyl groups is 2. The fraction of sp³-hybridized carbons (Fsp3) is 0.500. The zero-order valence-corrected chi connectivity index (χ0v) is 10.7. The molecule has 1 fully saturated rings. The Hall–Kier alpha value is -1.61. The van der Waals surface area contributed by atoms with Crippen molar-refractivity contribution >= 4 is 0 Å². The Kier molecular flexibility index (Phi) is 4.74. The number of rotatable bonds is 5. The molecule has 0 radical (unpaired) electrons.